The predicted octanol–water partition coefficient (Wildman–Crippen LogP) is 4.21. The standard InChI is InChI=1S/C16H21NO/c1-3-5-6-7-10-13-17-15-12-9-8-11-14(15)16(18)4-2/h5-12,17H,3-4,13H2,1-2H3/b6-5-,10-7-. The van der Waals surface area contributed by atoms with Gasteiger partial charge in [0.25, 0.3) is 0 Å². The smallest absolute Gasteiger partial charge is 0.164 e. The van der Waals surface area contributed by atoms with Crippen LogP contribution >= 0.6 is 0 Å². The Bertz CT molecular complexity index is 432. The maximum Gasteiger partial charge on any atom is 0.164 e. The molecule has 0 saturated carbocycles. The molecule has 1 N–H and O–H groups in total. The van der Waals surface area contributed by atoms with E-state index in [1.54, 1.807) is 0 Å². The molecule has 0 atom stereocenters. The van der Waals surface area contributed by atoms with Gasteiger partial charge < -0.3 is 5.32 Å². The van der Waals surface area contributed by atoms with Crippen LogP contribution in [0.3, 0.4) is 0 Å². The maximum absolute atomic E-state index is 11.7. The summed E-state index contributed by atoms with van der Waals surface area (Å²) in [5.74, 6) is 0.174. The number of allylic oxidation sites excluding steroid dienone is 3. The summed E-state index contributed by atoms with van der Waals surface area (Å²) in [5.41, 5.74) is 1.69. The Balaban J connectivity index is 2.59. The largest absolute Gasteiger partial charge is 0.381 e. The highest BCUT2D eigenvalue weighted by atomic mass is 16.1. The average molecular weight is 243 g/mol. The number of para-hydroxylation sites is 1. The van der Waals surface area contributed by atoms with E-state index in [2.05, 4.69) is 18.3 Å². The summed E-state index contributed by atoms with van der Waals surface area (Å²) in [5, 5.41) is 3.26. The molecular formula is C16H21NO. The fourth-order valence-corrected chi connectivity index (χ4v) is 1.60. The second-order valence-corrected chi connectivity index (χ2v) is 3.97. The van der Waals surface area contributed by atoms with Crippen molar-refractivity contribution in [1.82, 2.24) is 0 Å². The number of nitrogens with one attached hydrogen (secondary N) is 1. The Morgan fingerprint density at radius 1 is 1.17 bits per heavy atom. The molecule has 0 bridgehead atoms. The van der Waals surface area contributed by atoms with Gasteiger partial charge in [0.05, 0.1) is 0 Å². The number of anilines is 1. The van der Waals surface area contributed by atoms with E-state index in [0.29, 0.717) is 6.42 Å². The van der Waals surface area contributed by atoms with Gasteiger partial charge in [-0.15, -0.1) is 0 Å². The Hall–Kier alpha value is -1.83. The van der Waals surface area contributed by atoms with Crippen LogP contribution < -0.4 is 5.32 Å². The topological polar surface area (TPSA) is 29.1 Å². The first-order chi connectivity index (χ1) is 8.79. The molecule has 0 heterocycles. The number of hydrogen-bond donors (Lipinski definition) is 1. The molecule has 2 nitrogen and oxygen atoms in total. The SMILES string of the molecule is CC/C=C\C=C/CNc1ccccc1C(=O)CC. The molecule has 18 heavy (non-hydrogen) atoms. The van der Waals surface area contributed by atoms with E-state index in [-0.39, 0.29) is 5.78 Å². The van der Waals surface area contributed by atoms with Gasteiger partial charge in [-0.3, -0.25) is 4.79 Å². The van der Waals surface area contributed by atoms with Gasteiger partial charge in [-0.1, -0.05) is 50.3 Å². The van der Waals surface area contributed by atoms with Crippen LogP contribution in [0, 0.1) is 0 Å². The van der Waals surface area contributed by atoms with Crippen molar-refractivity contribution in [3.8, 4) is 0 Å². The zero-order valence-electron chi connectivity index (χ0n) is 11.1. The lowest BCUT2D eigenvalue weighted by atomic mass is 10.1. The first kappa shape index (κ1) is 14.2. The highest BCUT2D eigenvalue weighted by molar-refractivity contribution is 6.00. The van der Waals surface area contributed by atoms with Crippen molar-refractivity contribution in [3.05, 3.63) is 54.1 Å². The molecule has 0 aliphatic rings. The lowest BCUT2D eigenvalue weighted by Crippen LogP contribution is -2.05. The van der Waals surface area contributed by atoms with Gasteiger partial charge >= 0.3 is 0 Å². The summed E-state index contributed by atoms with van der Waals surface area (Å²) in [6, 6.07) is 7.65. The molecular weight excluding hydrogens is 222 g/mol. The number of carbonyl (C=O) groups excluding carboxylic acids is 1. The predicted molar refractivity (Wildman–Crippen MR) is 78.1 cm³/mol. The third-order valence-electron chi connectivity index (χ3n) is 2.58. The quantitative estimate of drug-likeness (QED) is 0.574. The summed E-state index contributed by atoms with van der Waals surface area (Å²) >= 11 is 0. The molecule has 0 amide bonds. The molecule has 0 radical (unpaired) electrons. The third-order valence-corrected chi connectivity index (χ3v) is 2.58. The minimum absolute atomic E-state index is 0.174. The van der Waals surface area contributed by atoms with E-state index in [1.165, 1.54) is 0 Å². The minimum Gasteiger partial charge on any atom is -0.381 e. The van der Waals surface area contributed by atoms with Gasteiger partial charge in [0, 0.05) is 24.2 Å². The molecule has 0 aromatic heterocycles. The molecule has 1 aromatic carbocycles. The van der Waals surface area contributed by atoms with Crippen molar-refractivity contribution in [2.75, 3.05) is 11.9 Å². The molecule has 0 fully saturated rings. The van der Waals surface area contributed by atoms with Gasteiger partial charge in [-0.25, -0.2) is 0 Å². The maximum atomic E-state index is 11.7. The second-order valence-electron chi connectivity index (χ2n) is 3.97. The third kappa shape index (κ3) is 4.58. The number of hydrogen-bond acceptors (Lipinski definition) is 2. The van der Waals surface area contributed by atoms with Crippen LogP contribution in [0.1, 0.15) is 37.0 Å². The fraction of sp³-hybridized carbons (Fsp3) is 0.312. The van der Waals surface area contributed by atoms with Gasteiger partial charge in [0.1, 0.15) is 0 Å². The van der Waals surface area contributed by atoms with Crippen molar-refractivity contribution in [2.45, 2.75) is 26.7 Å². The highest BCUT2D eigenvalue weighted by Crippen LogP contribution is 2.16. The van der Waals surface area contributed by atoms with Gasteiger partial charge in [0.2, 0.25) is 0 Å². The van der Waals surface area contributed by atoms with Crippen LogP contribution in [0.2, 0.25) is 0 Å². The van der Waals surface area contributed by atoms with E-state index >= 15 is 0 Å². The molecule has 0 spiro atoms. The second kappa shape index (κ2) is 8.29. The fourth-order valence-electron chi connectivity index (χ4n) is 1.60. The first-order valence-electron chi connectivity index (χ1n) is 6.47. The van der Waals surface area contributed by atoms with Crippen LogP contribution in [0.25, 0.3) is 0 Å². The zero-order chi connectivity index (χ0) is 13.2. The van der Waals surface area contributed by atoms with Crippen molar-refractivity contribution < 1.29 is 4.79 Å². The average Bonchev–Trinajstić information content (AvgIpc) is 2.42. The lowest BCUT2D eigenvalue weighted by molar-refractivity contribution is 0.0989. The zero-order valence-corrected chi connectivity index (χ0v) is 11.1. The van der Waals surface area contributed by atoms with Gasteiger partial charge in [-0.05, 0) is 18.6 Å². The number of carbonyl (C=O) groups is 1. The Labute approximate surface area is 109 Å². The number of rotatable bonds is 7. The van der Waals surface area contributed by atoms with Gasteiger partial charge in [0.15, 0.2) is 5.78 Å². The molecule has 0 saturated heterocycles. The summed E-state index contributed by atoms with van der Waals surface area (Å²) < 4.78 is 0. The molecule has 0 aliphatic heterocycles. The van der Waals surface area contributed by atoms with Crippen molar-refractivity contribution >= 4 is 11.5 Å². The number of benzene rings is 1. The normalized spacial score (nSPS) is 11.2. The van der Waals surface area contributed by atoms with Crippen LogP contribution in [0.15, 0.2) is 48.6 Å². The number of Topliss-reactive ketones (excluding diaryl/α,β-unsaturated/α-hetero) is 1. The van der Waals surface area contributed by atoms with Crippen molar-refractivity contribution in [2.24, 2.45) is 0 Å². The lowest BCUT2D eigenvalue weighted by Gasteiger charge is -2.08. The Morgan fingerprint density at radius 3 is 2.61 bits per heavy atom. The summed E-state index contributed by atoms with van der Waals surface area (Å²) in [6.45, 7) is 4.71. The molecule has 0 aliphatic carbocycles. The molecule has 1 aromatic rings. The molecule has 2 heteroatoms. The van der Waals surface area contributed by atoms with E-state index in [9.17, 15) is 4.79 Å². The minimum atomic E-state index is 0.174. The summed E-state index contributed by atoms with van der Waals surface area (Å²) in [6.07, 6.45) is 9.77. The van der Waals surface area contributed by atoms with Crippen molar-refractivity contribution in [1.29, 1.82) is 0 Å². The Kier molecular flexibility index (Phi) is 6.55. The van der Waals surface area contributed by atoms with Crippen LogP contribution in [0.4, 0.5) is 5.69 Å². The van der Waals surface area contributed by atoms with Crippen molar-refractivity contribution in [3.63, 3.8) is 0 Å². The highest BCUT2D eigenvalue weighted by Gasteiger charge is 2.07. The summed E-state index contributed by atoms with van der Waals surface area (Å²) in [4.78, 5) is 11.7. The molecule has 96 valence electrons. The molecule has 0 unspecified atom stereocenters. The monoisotopic (exact) mass is 243 g/mol. The van der Waals surface area contributed by atoms with E-state index < -0.39 is 0 Å². The van der Waals surface area contributed by atoms with Crippen LogP contribution in [-0.2, 0) is 0 Å². The van der Waals surface area contributed by atoms with Crippen LogP contribution in [-0.4, -0.2) is 12.3 Å². The van der Waals surface area contributed by atoms with Gasteiger partial charge in [-0.2, -0.15) is 0 Å². The van der Waals surface area contributed by atoms with Crippen LogP contribution in [0.5, 0.6) is 0 Å². The first-order valence-corrected chi connectivity index (χ1v) is 6.47. The van der Waals surface area contributed by atoms with E-state index in [4.69, 9.17) is 0 Å². The number of ketones is 1. The Morgan fingerprint density at radius 2 is 1.89 bits per heavy atom. The molecule has 1 rings (SSSR count). The van der Waals surface area contributed by atoms with E-state index in [1.807, 2.05) is 49.4 Å². The summed E-state index contributed by atoms with van der Waals surface area (Å²) in [7, 11) is 0. The van der Waals surface area contributed by atoms with E-state index in [0.717, 1.165) is 24.2 Å².